The fourth-order valence-corrected chi connectivity index (χ4v) is 1.46. The number of aromatic amines is 1. The number of hydrogen-bond donors (Lipinski definition) is 2. The molecule has 0 fully saturated rings. The van der Waals surface area contributed by atoms with Gasteiger partial charge in [0, 0.05) is 25.2 Å². The Hall–Kier alpha value is -3.48. The summed E-state index contributed by atoms with van der Waals surface area (Å²) in [5.74, 6) is -4.98. The van der Waals surface area contributed by atoms with Gasteiger partial charge in [-0.3, -0.25) is 4.79 Å². The highest BCUT2D eigenvalue weighted by molar-refractivity contribution is 5.81. The van der Waals surface area contributed by atoms with Gasteiger partial charge in [-0.05, 0) is 0 Å². The van der Waals surface area contributed by atoms with Crippen LogP contribution in [0.1, 0.15) is 25.5 Å². The second kappa shape index (κ2) is 11.2. The molecule has 148 valence electrons. The van der Waals surface area contributed by atoms with Gasteiger partial charge in [-0.2, -0.15) is 0 Å². The lowest BCUT2D eigenvalue weighted by molar-refractivity contribution is -0.263. The Balaban J connectivity index is 2.16. The van der Waals surface area contributed by atoms with E-state index >= 15 is 0 Å². The van der Waals surface area contributed by atoms with Crippen molar-refractivity contribution in [1.82, 2.24) is 9.97 Å². The number of H-pyrrole nitrogens is 1. The molecule has 1 rings (SSSR count). The molecule has 0 aliphatic heterocycles. The minimum Gasteiger partial charge on any atom is -0.452 e. The predicted molar refractivity (Wildman–Crippen MR) is 80.5 cm³/mol. The number of hydrogen-bond acceptors (Lipinski definition) is 12. The van der Waals surface area contributed by atoms with Crippen molar-refractivity contribution in [2.75, 3.05) is 6.61 Å². The smallest absolute Gasteiger partial charge is 0.392 e. The number of rotatable bonds is 8. The zero-order valence-electron chi connectivity index (χ0n) is 14.2. The van der Waals surface area contributed by atoms with Crippen LogP contribution in [0.15, 0.2) is 12.5 Å². The molecule has 3 N–H and O–H groups in total. The molecule has 0 aliphatic rings. The number of nitrogens with two attached hydrogens (primary N) is 1. The number of nitrogens with zero attached hydrogens (tertiary/aromatic N) is 1. The van der Waals surface area contributed by atoms with Crippen LogP contribution in [0.5, 0.6) is 0 Å². The zero-order chi connectivity index (χ0) is 20.2. The van der Waals surface area contributed by atoms with Crippen molar-refractivity contribution in [3.63, 3.8) is 0 Å². The van der Waals surface area contributed by atoms with Crippen LogP contribution in [0.3, 0.4) is 0 Å². The Labute approximate surface area is 151 Å². The van der Waals surface area contributed by atoms with Crippen LogP contribution in [0.2, 0.25) is 0 Å². The van der Waals surface area contributed by atoms with Crippen LogP contribution in [0, 0.1) is 0 Å². The molecule has 1 unspecified atom stereocenters. The van der Waals surface area contributed by atoms with Crippen molar-refractivity contribution in [3.8, 4) is 0 Å². The first-order valence-corrected chi connectivity index (χ1v) is 7.45. The molecule has 0 saturated carbocycles. The molecular weight excluding hydrogens is 370 g/mol. The number of esters is 1. The predicted octanol–water partition coefficient (Wildman–Crippen LogP) is -1.37. The lowest BCUT2D eigenvalue weighted by Crippen LogP contribution is -2.35. The van der Waals surface area contributed by atoms with E-state index in [-0.39, 0.29) is 6.42 Å². The fourth-order valence-electron chi connectivity index (χ4n) is 1.46. The van der Waals surface area contributed by atoms with Crippen molar-refractivity contribution in [3.05, 3.63) is 18.2 Å². The third-order valence-electron chi connectivity index (χ3n) is 2.64. The minimum atomic E-state index is -1.17. The van der Waals surface area contributed by atoms with Gasteiger partial charge in [0.05, 0.1) is 19.2 Å². The summed E-state index contributed by atoms with van der Waals surface area (Å²) in [6.45, 7) is 0.176. The maximum Gasteiger partial charge on any atom is 0.392 e. The summed E-state index contributed by atoms with van der Waals surface area (Å²) in [6.07, 6.45) is 2.01. The van der Waals surface area contributed by atoms with Crippen LogP contribution in [-0.4, -0.2) is 52.5 Å². The molecule has 0 amide bonds. The van der Waals surface area contributed by atoms with Crippen molar-refractivity contribution >= 4 is 29.8 Å². The molecule has 1 heterocycles. The maximum absolute atomic E-state index is 11.6. The highest BCUT2D eigenvalue weighted by Gasteiger charge is 2.19. The second-order valence-electron chi connectivity index (χ2n) is 4.94. The number of carbonyl (C=O) groups excluding carboxylic acids is 5. The largest absolute Gasteiger partial charge is 0.452 e. The number of aromatic nitrogens is 2. The summed E-state index contributed by atoms with van der Waals surface area (Å²) in [7, 11) is 0. The first-order chi connectivity index (χ1) is 12.8. The summed E-state index contributed by atoms with van der Waals surface area (Å²) in [4.78, 5) is 78.4. The van der Waals surface area contributed by atoms with E-state index in [0.717, 1.165) is 6.92 Å². The van der Waals surface area contributed by atoms with E-state index in [0.29, 0.717) is 5.69 Å². The van der Waals surface area contributed by atoms with E-state index < -0.39 is 55.3 Å². The van der Waals surface area contributed by atoms with Gasteiger partial charge in [-0.1, -0.05) is 0 Å². The molecule has 13 heteroatoms. The summed E-state index contributed by atoms with van der Waals surface area (Å²) in [5.41, 5.74) is 6.19. The first kappa shape index (κ1) is 21.6. The Morgan fingerprint density at radius 3 is 2.19 bits per heavy atom. The van der Waals surface area contributed by atoms with Gasteiger partial charge in [0.15, 0.2) is 6.61 Å². The molecule has 0 spiro atoms. The zero-order valence-corrected chi connectivity index (χ0v) is 14.2. The lowest BCUT2D eigenvalue weighted by Gasteiger charge is -2.09. The maximum atomic E-state index is 11.6. The lowest BCUT2D eigenvalue weighted by atomic mass is 10.2. The Bertz CT molecular complexity index is 673. The van der Waals surface area contributed by atoms with Gasteiger partial charge < -0.3 is 15.5 Å². The summed E-state index contributed by atoms with van der Waals surface area (Å²) < 4.78 is 4.61. The Morgan fingerprint density at radius 1 is 1.04 bits per heavy atom. The van der Waals surface area contributed by atoms with Gasteiger partial charge in [0.25, 0.3) is 0 Å². The Kier molecular flexibility index (Phi) is 8.94. The third kappa shape index (κ3) is 9.54. The van der Waals surface area contributed by atoms with Crippen molar-refractivity contribution in [2.45, 2.75) is 32.2 Å². The minimum absolute atomic E-state index is 0.117. The highest BCUT2D eigenvalue weighted by atomic mass is 17.2. The van der Waals surface area contributed by atoms with E-state index in [1.54, 1.807) is 0 Å². The van der Waals surface area contributed by atoms with Gasteiger partial charge in [0.1, 0.15) is 6.04 Å². The highest BCUT2D eigenvalue weighted by Crippen LogP contribution is 2.00. The van der Waals surface area contributed by atoms with Crippen molar-refractivity contribution in [2.24, 2.45) is 5.73 Å². The second-order valence-corrected chi connectivity index (χ2v) is 4.94. The molecule has 13 nitrogen and oxygen atoms in total. The van der Waals surface area contributed by atoms with E-state index in [1.165, 1.54) is 12.5 Å². The summed E-state index contributed by atoms with van der Waals surface area (Å²) >= 11 is 0. The molecule has 0 aliphatic carbocycles. The van der Waals surface area contributed by atoms with Crippen molar-refractivity contribution in [1.29, 1.82) is 0 Å². The molecular formula is C14H17N3O10. The quantitative estimate of drug-likeness (QED) is 0.303. The molecule has 0 radical (unpaired) electrons. The molecule has 1 aromatic heterocycles. The van der Waals surface area contributed by atoms with Gasteiger partial charge in [-0.15, -0.1) is 0 Å². The van der Waals surface area contributed by atoms with Crippen LogP contribution < -0.4 is 5.73 Å². The molecule has 0 bridgehead atoms. The van der Waals surface area contributed by atoms with Crippen LogP contribution in [0.4, 0.5) is 0 Å². The average molecular weight is 387 g/mol. The topological polar surface area (TPSA) is 186 Å². The molecule has 1 atom stereocenters. The van der Waals surface area contributed by atoms with E-state index in [4.69, 9.17) is 5.73 Å². The molecule has 0 aromatic carbocycles. The summed E-state index contributed by atoms with van der Waals surface area (Å²) in [5, 5.41) is 0. The monoisotopic (exact) mass is 387 g/mol. The average Bonchev–Trinajstić information content (AvgIpc) is 3.13. The van der Waals surface area contributed by atoms with E-state index in [9.17, 15) is 24.0 Å². The Morgan fingerprint density at radius 2 is 1.63 bits per heavy atom. The molecule has 27 heavy (non-hydrogen) atoms. The number of imidazole rings is 1. The SMILES string of the molecule is CC(=O)OOC(=O)CCC(=O)OOC(=O)COC(=O)C(N)Cc1cnc[nH]1. The first-order valence-electron chi connectivity index (χ1n) is 7.45. The normalized spacial score (nSPS) is 11.0. The van der Waals surface area contributed by atoms with Crippen LogP contribution in [0.25, 0.3) is 0 Å². The van der Waals surface area contributed by atoms with Gasteiger partial charge in [-0.25, -0.2) is 43.7 Å². The van der Waals surface area contributed by atoms with Crippen LogP contribution >= 0.6 is 0 Å². The number of nitrogens with one attached hydrogen (secondary N) is 1. The number of ether oxygens (including phenoxy) is 1. The van der Waals surface area contributed by atoms with E-state index in [2.05, 4.69) is 34.3 Å². The van der Waals surface area contributed by atoms with Gasteiger partial charge >= 0.3 is 29.8 Å². The van der Waals surface area contributed by atoms with E-state index in [1.807, 2.05) is 0 Å². The standard InChI is InChI=1S/C14H17N3O10/c1-8(18)24-25-11(19)2-3-12(20)26-27-13(21)6-23-14(22)10(15)4-9-5-16-7-17-9/h5,7,10H,2-4,6,15H2,1H3,(H,16,17). The van der Waals surface area contributed by atoms with Crippen molar-refractivity contribution < 1.29 is 48.3 Å². The fraction of sp³-hybridized carbons (Fsp3) is 0.429. The van der Waals surface area contributed by atoms with Gasteiger partial charge in [0.2, 0.25) is 0 Å². The number of carbonyl (C=O) groups is 5. The molecule has 1 aromatic rings. The summed E-state index contributed by atoms with van der Waals surface area (Å²) in [6, 6.07) is -1.04. The van der Waals surface area contributed by atoms with Crippen LogP contribution in [-0.2, 0) is 54.7 Å². The molecule has 0 saturated heterocycles. The third-order valence-corrected chi connectivity index (χ3v) is 2.64.